The molecule has 2 rings (SSSR count). The first kappa shape index (κ1) is 15.3. The molecule has 21 heavy (non-hydrogen) atoms. The Morgan fingerprint density at radius 2 is 1.38 bits per heavy atom. The number of nitrogens with two attached hydrogens (primary N) is 1. The van der Waals surface area contributed by atoms with E-state index in [-0.39, 0.29) is 6.04 Å². The Bertz CT molecular complexity index is 586. The first-order chi connectivity index (χ1) is 10.1. The van der Waals surface area contributed by atoms with Crippen LogP contribution in [0.15, 0.2) is 30.3 Å². The Kier molecular flexibility index (Phi) is 4.77. The van der Waals surface area contributed by atoms with Gasteiger partial charge in [0.1, 0.15) is 11.5 Å². The molecule has 0 amide bonds. The number of hydrogen-bond donors (Lipinski definition) is 2. The van der Waals surface area contributed by atoms with Gasteiger partial charge in [-0.15, -0.1) is 0 Å². The molecule has 0 spiro atoms. The number of hydrogen-bond acceptors (Lipinski definition) is 5. The predicted molar refractivity (Wildman–Crippen MR) is 82.4 cm³/mol. The Balaban J connectivity index is 2.49. The molecule has 5 heteroatoms. The molecule has 0 aliphatic rings. The maximum absolute atomic E-state index is 5.77. The van der Waals surface area contributed by atoms with Crippen LogP contribution in [0.2, 0.25) is 0 Å². The Labute approximate surface area is 125 Å². The van der Waals surface area contributed by atoms with Gasteiger partial charge in [-0.1, -0.05) is 0 Å². The lowest BCUT2D eigenvalue weighted by atomic mass is 9.98. The van der Waals surface area contributed by atoms with Gasteiger partial charge in [-0.2, -0.15) is 0 Å². The van der Waals surface area contributed by atoms with E-state index in [2.05, 4.69) is 10.4 Å². The van der Waals surface area contributed by atoms with E-state index in [0.29, 0.717) is 0 Å². The van der Waals surface area contributed by atoms with Crippen LogP contribution in [-0.2, 0) is 0 Å². The number of ether oxygens (including phenoxy) is 2. The summed E-state index contributed by atoms with van der Waals surface area (Å²) >= 11 is 0. The van der Waals surface area contributed by atoms with Crippen LogP contribution in [-0.4, -0.2) is 19.2 Å². The van der Waals surface area contributed by atoms with Gasteiger partial charge in [0.2, 0.25) is 0 Å². The standard InChI is InChI=1S/C16H21N3O2/c1-10-5-12(6-11(2)18-10)16(19-17)13-7-14(20-3)9-15(8-13)21-4/h5-9,16,19H,17H2,1-4H3. The van der Waals surface area contributed by atoms with Gasteiger partial charge in [-0.3, -0.25) is 10.8 Å². The molecule has 0 bridgehead atoms. The van der Waals surface area contributed by atoms with Crippen LogP contribution in [0.1, 0.15) is 28.6 Å². The van der Waals surface area contributed by atoms with Crippen molar-refractivity contribution in [3.8, 4) is 11.5 Å². The molecule has 1 heterocycles. The van der Waals surface area contributed by atoms with Crippen molar-refractivity contribution in [2.45, 2.75) is 19.9 Å². The van der Waals surface area contributed by atoms with E-state index in [1.54, 1.807) is 14.2 Å². The number of hydrazine groups is 1. The van der Waals surface area contributed by atoms with E-state index in [0.717, 1.165) is 34.0 Å². The maximum Gasteiger partial charge on any atom is 0.122 e. The second-order valence-corrected chi connectivity index (χ2v) is 4.93. The maximum atomic E-state index is 5.77. The van der Waals surface area contributed by atoms with Crippen LogP contribution >= 0.6 is 0 Å². The molecular weight excluding hydrogens is 266 g/mol. The summed E-state index contributed by atoms with van der Waals surface area (Å²) in [5, 5.41) is 0. The average molecular weight is 287 g/mol. The molecule has 1 aromatic carbocycles. The van der Waals surface area contributed by atoms with Gasteiger partial charge in [-0.05, 0) is 49.2 Å². The lowest BCUT2D eigenvalue weighted by Gasteiger charge is -2.19. The molecule has 0 saturated heterocycles. The van der Waals surface area contributed by atoms with Crippen LogP contribution in [0, 0.1) is 13.8 Å². The summed E-state index contributed by atoms with van der Waals surface area (Å²) in [4.78, 5) is 4.39. The number of aromatic nitrogens is 1. The van der Waals surface area contributed by atoms with Crippen LogP contribution in [0.5, 0.6) is 11.5 Å². The van der Waals surface area contributed by atoms with Crippen LogP contribution in [0.4, 0.5) is 0 Å². The molecule has 1 atom stereocenters. The van der Waals surface area contributed by atoms with Crippen LogP contribution in [0.3, 0.4) is 0 Å². The summed E-state index contributed by atoms with van der Waals surface area (Å²) in [6, 6.07) is 9.60. The molecule has 1 unspecified atom stereocenters. The van der Waals surface area contributed by atoms with Crippen molar-refractivity contribution in [1.29, 1.82) is 0 Å². The summed E-state index contributed by atoms with van der Waals surface area (Å²) in [6.45, 7) is 3.94. The molecule has 2 aromatic rings. The van der Waals surface area contributed by atoms with E-state index < -0.39 is 0 Å². The van der Waals surface area contributed by atoms with E-state index in [9.17, 15) is 0 Å². The van der Waals surface area contributed by atoms with Crippen molar-refractivity contribution in [1.82, 2.24) is 10.4 Å². The van der Waals surface area contributed by atoms with Crippen molar-refractivity contribution in [2.75, 3.05) is 14.2 Å². The molecule has 3 N–H and O–H groups in total. The van der Waals surface area contributed by atoms with E-state index in [1.165, 1.54) is 0 Å². The van der Waals surface area contributed by atoms with E-state index >= 15 is 0 Å². The molecule has 0 radical (unpaired) electrons. The molecule has 1 aromatic heterocycles. The summed E-state index contributed by atoms with van der Waals surface area (Å²) in [5.74, 6) is 7.23. The van der Waals surface area contributed by atoms with Gasteiger partial charge in [0.15, 0.2) is 0 Å². The van der Waals surface area contributed by atoms with Gasteiger partial charge in [-0.25, -0.2) is 5.43 Å². The number of nitrogens with zero attached hydrogens (tertiary/aromatic N) is 1. The average Bonchev–Trinajstić information content (AvgIpc) is 2.46. The van der Waals surface area contributed by atoms with Crippen molar-refractivity contribution in [3.63, 3.8) is 0 Å². The Morgan fingerprint density at radius 1 is 0.905 bits per heavy atom. The third-order valence-electron chi connectivity index (χ3n) is 3.31. The second kappa shape index (κ2) is 6.56. The van der Waals surface area contributed by atoms with Gasteiger partial charge in [0, 0.05) is 17.5 Å². The normalized spacial score (nSPS) is 12.0. The molecule has 5 nitrogen and oxygen atoms in total. The Morgan fingerprint density at radius 3 is 1.81 bits per heavy atom. The smallest absolute Gasteiger partial charge is 0.122 e. The minimum Gasteiger partial charge on any atom is -0.497 e. The molecular formula is C16H21N3O2. The van der Waals surface area contributed by atoms with Crippen molar-refractivity contribution in [2.24, 2.45) is 5.84 Å². The first-order valence-electron chi connectivity index (χ1n) is 6.71. The number of pyridine rings is 1. The molecule has 0 saturated carbocycles. The van der Waals surface area contributed by atoms with E-state index in [4.69, 9.17) is 15.3 Å². The minimum absolute atomic E-state index is 0.158. The third-order valence-corrected chi connectivity index (χ3v) is 3.31. The minimum atomic E-state index is -0.158. The zero-order valence-corrected chi connectivity index (χ0v) is 12.8. The van der Waals surface area contributed by atoms with Gasteiger partial charge >= 0.3 is 0 Å². The molecule has 0 aliphatic heterocycles. The highest BCUT2D eigenvalue weighted by molar-refractivity contribution is 5.43. The summed E-state index contributed by atoms with van der Waals surface area (Å²) in [7, 11) is 3.26. The highest BCUT2D eigenvalue weighted by Crippen LogP contribution is 2.30. The zero-order valence-electron chi connectivity index (χ0n) is 12.8. The highest BCUT2D eigenvalue weighted by Gasteiger charge is 2.16. The monoisotopic (exact) mass is 287 g/mol. The SMILES string of the molecule is COc1cc(OC)cc(C(NN)c2cc(C)nc(C)c2)c1. The number of aryl methyl sites for hydroxylation is 2. The summed E-state index contributed by atoms with van der Waals surface area (Å²) in [5.41, 5.74) is 6.79. The van der Waals surface area contributed by atoms with Crippen LogP contribution < -0.4 is 20.7 Å². The first-order valence-corrected chi connectivity index (χ1v) is 6.71. The van der Waals surface area contributed by atoms with Crippen LogP contribution in [0.25, 0.3) is 0 Å². The highest BCUT2D eigenvalue weighted by atomic mass is 16.5. The second-order valence-electron chi connectivity index (χ2n) is 4.93. The van der Waals surface area contributed by atoms with Crippen molar-refractivity contribution >= 4 is 0 Å². The fraction of sp³-hybridized carbons (Fsp3) is 0.312. The number of benzene rings is 1. The Hall–Kier alpha value is -2.11. The summed E-state index contributed by atoms with van der Waals surface area (Å²) < 4.78 is 10.6. The molecule has 0 fully saturated rings. The largest absolute Gasteiger partial charge is 0.497 e. The lowest BCUT2D eigenvalue weighted by molar-refractivity contribution is 0.392. The molecule has 0 aliphatic carbocycles. The number of rotatable bonds is 5. The van der Waals surface area contributed by atoms with Gasteiger partial charge in [0.05, 0.1) is 20.3 Å². The van der Waals surface area contributed by atoms with E-state index in [1.807, 2.05) is 44.2 Å². The quantitative estimate of drug-likeness (QED) is 0.652. The number of nitrogens with one attached hydrogen (secondary N) is 1. The number of methoxy groups -OCH3 is 2. The summed E-state index contributed by atoms with van der Waals surface area (Å²) in [6.07, 6.45) is 0. The van der Waals surface area contributed by atoms with Gasteiger partial charge < -0.3 is 9.47 Å². The fourth-order valence-electron chi connectivity index (χ4n) is 2.41. The topological polar surface area (TPSA) is 69.4 Å². The molecule has 112 valence electrons. The predicted octanol–water partition coefficient (Wildman–Crippen LogP) is 2.27. The zero-order chi connectivity index (χ0) is 15.4. The fourth-order valence-corrected chi connectivity index (χ4v) is 2.41. The van der Waals surface area contributed by atoms with Crippen molar-refractivity contribution in [3.05, 3.63) is 52.8 Å². The van der Waals surface area contributed by atoms with Gasteiger partial charge in [0.25, 0.3) is 0 Å². The third kappa shape index (κ3) is 3.51. The lowest BCUT2D eigenvalue weighted by Crippen LogP contribution is -2.29. The van der Waals surface area contributed by atoms with Crippen molar-refractivity contribution < 1.29 is 9.47 Å².